The van der Waals surface area contributed by atoms with E-state index >= 15 is 0 Å². The smallest absolute Gasteiger partial charge is 0.271 e. The minimum absolute atomic E-state index is 0.00685. The molecule has 1 fully saturated rings. The maximum Gasteiger partial charge on any atom is 0.271 e. The van der Waals surface area contributed by atoms with Crippen molar-refractivity contribution in [2.75, 3.05) is 20.7 Å². The molecule has 0 aromatic rings. The van der Waals surface area contributed by atoms with Gasteiger partial charge in [-0.05, 0) is 11.8 Å². The Morgan fingerprint density at radius 1 is 1.52 bits per heavy atom. The molecule has 0 aliphatic carbocycles. The van der Waals surface area contributed by atoms with E-state index in [-0.39, 0.29) is 17.6 Å². The second-order valence-corrected chi connectivity index (χ2v) is 6.76. The first-order chi connectivity index (χ1) is 10.8. The molecule has 6 heteroatoms. The topological polar surface area (TPSA) is 62.2 Å². The van der Waals surface area contributed by atoms with Crippen LogP contribution < -0.4 is 0 Å². The maximum atomic E-state index is 12.3. The largest absolute Gasteiger partial charge is 0.360 e. The summed E-state index contributed by atoms with van der Waals surface area (Å²) in [6.45, 7) is 10.8. The van der Waals surface area contributed by atoms with E-state index < -0.39 is 0 Å². The van der Waals surface area contributed by atoms with Gasteiger partial charge in [0.25, 0.3) is 5.91 Å². The number of likely N-dealkylation sites (N-methyl/N-ethyl adjacent to an activating group) is 1. The summed E-state index contributed by atoms with van der Waals surface area (Å²) >= 11 is 0. The average molecular weight is 323 g/mol. The third-order valence-corrected chi connectivity index (χ3v) is 4.29. The summed E-state index contributed by atoms with van der Waals surface area (Å²) in [5.74, 6) is 0.364. The molecule has 6 nitrogen and oxygen atoms in total. The monoisotopic (exact) mass is 323 g/mol. The quantitative estimate of drug-likeness (QED) is 0.312. The van der Waals surface area contributed by atoms with E-state index in [0.717, 1.165) is 19.3 Å². The van der Waals surface area contributed by atoms with Crippen molar-refractivity contribution >= 4 is 18.2 Å². The summed E-state index contributed by atoms with van der Waals surface area (Å²) in [6, 6.07) is 0. The maximum absolute atomic E-state index is 12.3. The van der Waals surface area contributed by atoms with Gasteiger partial charge in [-0.1, -0.05) is 40.2 Å². The van der Waals surface area contributed by atoms with E-state index in [2.05, 4.69) is 32.3 Å². The molecule has 0 aromatic heterocycles. The Bertz CT molecular complexity index is 485. The van der Waals surface area contributed by atoms with Crippen molar-refractivity contribution in [1.29, 1.82) is 0 Å². The van der Waals surface area contributed by atoms with Gasteiger partial charge >= 0.3 is 0 Å². The lowest BCUT2D eigenvalue weighted by Gasteiger charge is -2.41. The Labute approximate surface area is 139 Å². The molecule has 1 aliphatic rings. The normalized spacial score (nSPS) is 20.2. The summed E-state index contributed by atoms with van der Waals surface area (Å²) in [5.41, 5.74) is 0.320. The van der Waals surface area contributed by atoms with Crippen molar-refractivity contribution in [3.8, 4) is 0 Å². The van der Waals surface area contributed by atoms with Crippen LogP contribution in [0, 0.1) is 5.41 Å². The standard InChI is InChI=1S/C17H29N3O3/c1-7-8-9-17(3,4)10-14(18-12-21)20-11-15(23-6)19(5)16(22)13(20)2/h12,15H,2,7-11H2,1,3-6H3/b18-14-. The molecule has 1 rings (SSSR count). The van der Waals surface area contributed by atoms with Crippen molar-refractivity contribution in [3.63, 3.8) is 0 Å². The highest BCUT2D eigenvalue weighted by molar-refractivity contribution is 6.00. The van der Waals surface area contributed by atoms with Crippen LogP contribution in [0.1, 0.15) is 46.5 Å². The van der Waals surface area contributed by atoms with E-state index in [1.165, 1.54) is 4.90 Å². The Morgan fingerprint density at radius 2 is 2.17 bits per heavy atom. The minimum atomic E-state index is -0.386. The first kappa shape index (κ1) is 19.4. The third kappa shape index (κ3) is 4.89. The fourth-order valence-electron chi connectivity index (χ4n) is 2.78. The van der Waals surface area contributed by atoms with Crippen molar-refractivity contribution in [3.05, 3.63) is 12.3 Å². The van der Waals surface area contributed by atoms with Gasteiger partial charge < -0.3 is 14.5 Å². The van der Waals surface area contributed by atoms with Crippen LogP contribution in [0.5, 0.6) is 0 Å². The van der Waals surface area contributed by atoms with Gasteiger partial charge in [-0.2, -0.15) is 0 Å². The number of hydrogen-bond donors (Lipinski definition) is 0. The van der Waals surface area contributed by atoms with Gasteiger partial charge in [-0.15, -0.1) is 0 Å². The molecule has 0 bridgehead atoms. The van der Waals surface area contributed by atoms with Crippen LogP contribution in [0.3, 0.4) is 0 Å². The van der Waals surface area contributed by atoms with E-state index in [0.29, 0.717) is 30.9 Å². The Balaban J connectivity index is 3.00. The minimum Gasteiger partial charge on any atom is -0.360 e. The molecule has 1 unspecified atom stereocenters. The van der Waals surface area contributed by atoms with E-state index in [9.17, 15) is 9.59 Å². The predicted molar refractivity (Wildman–Crippen MR) is 90.8 cm³/mol. The first-order valence-corrected chi connectivity index (χ1v) is 8.04. The molecule has 23 heavy (non-hydrogen) atoms. The van der Waals surface area contributed by atoms with Crippen molar-refractivity contribution in [2.45, 2.75) is 52.7 Å². The number of amides is 2. The van der Waals surface area contributed by atoms with Gasteiger partial charge in [0.2, 0.25) is 6.41 Å². The molecule has 0 radical (unpaired) electrons. The highest BCUT2D eigenvalue weighted by Gasteiger charge is 2.36. The molecule has 130 valence electrons. The molecular weight excluding hydrogens is 294 g/mol. The van der Waals surface area contributed by atoms with Crippen LogP contribution in [0.2, 0.25) is 0 Å². The second-order valence-electron chi connectivity index (χ2n) is 6.76. The SMILES string of the molecule is C=C1C(=O)N(C)C(OC)CN1/C(CC(C)(C)CCCC)=N\C=O. The molecule has 0 saturated carbocycles. The number of aliphatic imine (C=N–C) groups is 1. The lowest BCUT2D eigenvalue weighted by Crippen LogP contribution is -2.55. The first-order valence-electron chi connectivity index (χ1n) is 8.04. The number of ether oxygens (including phenoxy) is 1. The molecule has 1 saturated heterocycles. The van der Waals surface area contributed by atoms with E-state index in [4.69, 9.17) is 4.74 Å². The number of methoxy groups -OCH3 is 1. The third-order valence-electron chi connectivity index (χ3n) is 4.29. The van der Waals surface area contributed by atoms with Gasteiger partial charge in [-0.3, -0.25) is 9.59 Å². The van der Waals surface area contributed by atoms with Crippen LogP contribution in [-0.2, 0) is 14.3 Å². The molecule has 1 heterocycles. The van der Waals surface area contributed by atoms with Gasteiger partial charge in [0.15, 0.2) is 0 Å². The zero-order valence-corrected chi connectivity index (χ0v) is 15.0. The van der Waals surface area contributed by atoms with Gasteiger partial charge in [0.05, 0.1) is 6.54 Å². The molecule has 1 atom stereocenters. The summed E-state index contributed by atoms with van der Waals surface area (Å²) in [6.07, 6.45) is 4.02. The van der Waals surface area contributed by atoms with Crippen LogP contribution in [0.4, 0.5) is 0 Å². The molecule has 2 amide bonds. The van der Waals surface area contributed by atoms with Crippen LogP contribution in [-0.4, -0.2) is 54.9 Å². The Kier molecular flexibility index (Phi) is 6.94. The molecular formula is C17H29N3O3. The zero-order chi connectivity index (χ0) is 17.6. The highest BCUT2D eigenvalue weighted by Crippen LogP contribution is 2.30. The van der Waals surface area contributed by atoms with Crippen LogP contribution >= 0.6 is 0 Å². The number of rotatable bonds is 7. The highest BCUT2D eigenvalue weighted by atomic mass is 16.5. The van der Waals surface area contributed by atoms with Crippen LogP contribution in [0.25, 0.3) is 0 Å². The van der Waals surface area contributed by atoms with Crippen molar-refractivity contribution in [2.24, 2.45) is 10.4 Å². The molecule has 0 N–H and O–H groups in total. The van der Waals surface area contributed by atoms with E-state index in [1.54, 1.807) is 19.1 Å². The fraction of sp³-hybridized carbons (Fsp3) is 0.706. The molecule has 0 aromatic carbocycles. The van der Waals surface area contributed by atoms with E-state index in [1.807, 2.05) is 0 Å². The van der Waals surface area contributed by atoms with Crippen molar-refractivity contribution in [1.82, 2.24) is 9.80 Å². The predicted octanol–water partition coefficient (Wildman–Crippen LogP) is 2.41. The lowest BCUT2D eigenvalue weighted by molar-refractivity contribution is -0.144. The number of carbonyl (C=O) groups excluding carboxylic acids is 2. The number of nitrogens with zero attached hydrogens (tertiary/aromatic N) is 3. The summed E-state index contributed by atoms with van der Waals surface area (Å²) in [7, 11) is 3.24. The lowest BCUT2D eigenvalue weighted by atomic mass is 9.83. The zero-order valence-electron chi connectivity index (χ0n) is 15.0. The number of carbonyl (C=O) groups is 2. The average Bonchev–Trinajstić information content (AvgIpc) is 2.50. The molecule has 0 spiro atoms. The number of amidine groups is 1. The number of piperazine rings is 1. The Hall–Kier alpha value is -1.69. The summed E-state index contributed by atoms with van der Waals surface area (Å²) in [4.78, 5) is 30.5. The summed E-state index contributed by atoms with van der Waals surface area (Å²) < 4.78 is 5.35. The fourth-order valence-corrected chi connectivity index (χ4v) is 2.78. The summed E-state index contributed by atoms with van der Waals surface area (Å²) in [5, 5.41) is 0. The number of hydrogen-bond acceptors (Lipinski definition) is 3. The second kappa shape index (κ2) is 8.24. The van der Waals surface area contributed by atoms with Crippen LogP contribution in [0.15, 0.2) is 17.3 Å². The van der Waals surface area contributed by atoms with Gasteiger partial charge in [-0.25, -0.2) is 4.99 Å². The van der Waals surface area contributed by atoms with Gasteiger partial charge in [0, 0.05) is 20.6 Å². The number of unbranched alkanes of at least 4 members (excludes halogenated alkanes) is 1. The molecule has 1 aliphatic heterocycles. The Morgan fingerprint density at radius 3 is 2.70 bits per heavy atom. The van der Waals surface area contributed by atoms with Gasteiger partial charge in [0.1, 0.15) is 17.8 Å². The van der Waals surface area contributed by atoms with Crippen molar-refractivity contribution < 1.29 is 14.3 Å².